The summed E-state index contributed by atoms with van der Waals surface area (Å²) in [5, 5.41) is 12.8. The lowest BCUT2D eigenvalue weighted by Gasteiger charge is -2.35. The molecule has 1 saturated heterocycles. The zero-order chi connectivity index (χ0) is 8.48. The summed E-state index contributed by atoms with van der Waals surface area (Å²) in [4.78, 5) is 0. The van der Waals surface area contributed by atoms with Crippen LogP contribution in [0.25, 0.3) is 0 Å². The Balaban J connectivity index is 2.24. The van der Waals surface area contributed by atoms with Crippen molar-refractivity contribution in [2.75, 3.05) is 13.2 Å². The first-order valence-electron chi connectivity index (χ1n) is 4.06. The summed E-state index contributed by atoms with van der Waals surface area (Å²) in [6.07, 6.45) is 0. The smallest absolute Gasteiger partial charge is 0.0741 e. The Hall–Kier alpha value is -0.120. The zero-order valence-corrected chi connectivity index (χ0v) is 7.42. The van der Waals surface area contributed by atoms with E-state index in [0.717, 1.165) is 13.2 Å². The summed E-state index contributed by atoms with van der Waals surface area (Å²) >= 11 is 0. The standard InChI is InChI=1S/C8H17NO2/c1-6(8(2,3)10)9-7-4-11-5-7/h6-7,9-10H,4-5H2,1-3H3. The van der Waals surface area contributed by atoms with Gasteiger partial charge in [0.2, 0.25) is 0 Å². The number of nitrogens with one attached hydrogen (secondary N) is 1. The van der Waals surface area contributed by atoms with Gasteiger partial charge in [-0.15, -0.1) is 0 Å². The summed E-state index contributed by atoms with van der Waals surface area (Å²) in [5.74, 6) is 0. The number of aliphatic hydroxyl groups is 1. The first-order chi connectivity index (χ1) is 5.00. The van der Waals surface area contributed by atoms with Crippen LogP contribution < -0.4 is 5.32 Å². The fourth-order valence-electron chi connectivity index (χ4n) is 0.889. The molecule has 0 bridgehead atoms. The normalized spacial score (nSPS) is 22.9. The Labute approximate surface area is 67.7 Å². The maximum absolute atomic E-state index is 9.55. The predicted octanol–water partition coefficient (Wildman–Crippen LogP) is 0.134. The lowest BCUT2D eigenvalue weighted by molar-refractivity contribution is -0.0316. The van der Waals surface area contributed by atoms with Crippen molar-refractivity contribution in [3.05, 3.63) is 0 Å². The Morgan fingerprint density at radius 3 is 2.36 bits per heavy atom. The summed E-state index contributed by atoms with van der Waals surface area (Å²) in [6, 6.07) is 0.563. The first kappa shape index (κ1) is 8.97. The van der Waals surface area contributed by atoms with Crippen molar-refractivity contribution in [1.82, 2.24) is 5.32 Å². The second kappa shape index (κ2) is 3.09. The molecule has 0 aromatic heterocycles. The van der Waals surface area contributed by atoms with Gasteiger partial charge in [-0.2, -0.15) is 0 Å². The van der Waals surface area contributed by atoms with E-state index in [2.05, 4.69) is 5.32 Å². The molecule has 0 spiro atoms. The molecule has 0 radical (unpaired) electrons. The van der Waals surface area contributed by atoms with Crippen LogP contribution in [0.2, 0.25) is 0 Å². The summed E-state index contributed by atoms with van der Waals surface area (Å²) in [5.41, 5.74) is -0.643. The Morgan fingerprint density at radius 2 is 2.09 bits per heavy atom. The number of ether oxygens (including phenoxy) is 1. The van der Waals surface area contributed by atoms with Crippen molar-refractivity contribution < 1.29 is 9.84 Å². The van der Waals surface area contributed by atoms with Crippen LogP contribution in [0.5, 0.6) is 0 Å². The minimum absolute atomic E-state index is 0.122. The van der Waals surface area contributed by atoms with Gasteiger partial charge in [0.15, 0.2) is 0 Å². The van der Waals surface area contributed by atoms with Crippen molar-refractivity contribution in [2.24, 2.45) is 0 Å². The average Bonchev–Trinajstić information content (AvgIpc) is 1.75. The third kappa shape index (κ3) is 2.43. The molecule has 1 rings (SSSR count). The van der Waals surface area contributed by atoms with Gasteiger partial charge in [-0.25, -0.2) is 0 Å². The largest absolute Gasteiger partial charge is 0.389 e. The molecule has 0 aliphatic carbocycles. The van der Waals surface area contributed by atoms with Crippen molar-refractivity contribution in [3.63, 3.8) is 0 Å². The average molecular weight is 159 g/mol. The Morgan fingerprint density at radius 1 is 1.55 bits per heavy atom. The highest BCUT2D eigenvalue weighted by atomic mass is 16.5. The van der Waals surface area contributed by atoms with Gasteiger partial charge in [0.25, 0.3) is 0 Å². The molecule has 1 heterocycles. The van der Waals surface area contributed by atoms with Crippen molar-refractivity contribution in [3.8, 4) is 0 Å². The van der Waals surface area contributed by atoms with Gasteiger partial charge < -0.3 is 15.2 Å². The third-order valence-corrected chi connectivity index (χ3v) is 2.18. The lowest BCUT2D eigenvalue weighted by atomic mass is 10.00. The van der Waals surface area contributed by atoms with E-state index in [1.54, 1.807) is 0 Å². The molecular weight excluding hydrogens is 142 g/mol. The van der Waals surface area contributed by atoms with E-state index in [1.165, 1.54) is 0 Å². The summed E-state index contributed by atoms with van der Waals surface area (Å²) < 4.78 is 5.00. The SMILES string of the molecule is CC(NC1COC1)C(C)(C)O. The maximum atomic E-state index is 9.55. The first-order valence-corrected chi connectivity index (χ1v) is 4.06. The summed E-state index contributed by atoms with van der Waals surface area (Å²) in [7, 11) is 0. The molecule has 3 nitrogen and oxygen atoms in total. The van der Waals surface area contributed by atoms with Gasteiger partial charge in [0.1, 0.15) is 0 Å². The minimum Gasteiger partial charge on any atom is -0.389 e. The lowest BCUT2D eigenvalue weighted by Crippen LogP contribution is -2.55. The van der Waals surface area contributed by atoms with Crippen LogP contribution in [-0.4, -0.2) is 36.0 Å². The van der Waals surface area contributed by atoms with Crippen LogP contribution in [-0.2, 0) is 4.74 Å². The van der Waals surface area contributed by atoms with E-state index in [0.29, 0.717) is 6.04 Å². The molecule has 0 aromatic rings. The van der Waals surface area contributed by atoms with Gasteiger partial charge in [-0.3, -0.25) is 0 Å². The minimum atomic E-state index is -0.643. The second-order valence-corrected chi connectivity index (χ2v) is 3.78. The van der Waals surface area contributed by atoms with Crippen molar-refractivity contribution in [1.29, 1.82) is 0 Å². The molecule has 3 heteroatoms. The van der Waals surface area contributed by atoms with Gasteiger partial charge in [0, 0.05) is 6.04 Å². The van der Waals surface area contributed by atoms with E-state index in [4.69, 9.17) is 4.74 Å². The molecule has 0 saturated carbocycles. The number of hydrogen-bond donors (Lipinski definition) is 2. The second-order valence-electron chi connectivity index (χ2n) is 3.78. The predicted molar refractivity (Wildman–Crippen MR) is 43.5 cm³/mol. The van der Waals surface area contributed by atoms with Gasteiger partial charge in [0.05, 0.1) is 24.9 Å². The van der Waals surface area contributed by atoms with E-state index in [1.807, 2.05) is 20.8 Å². The van der Waals surface area contributed by atoms with E-state index < -0.39 is 5.60 Å². The van der Waals surface area contributed by atoms with Crippen LogP contribution in [0, 0.1) is 0 Å². The number of rotatable bonds is 3. The monoisotopic (exact) mass is 159 g/mol. The molecule has 0 amide bonds. The number of hydrogen-bond acceptors (Lipinski definition) is 3. The molecule has 11 heavy (non-hydrogen) atoms. The van der Waals surface area contributed by atoms with Crippen LogP contribution in [0.1, 0.15) is 20.8 Å². The molecule has 1 unspecified atom stereocenters. The van der Waals surface area contributed by atoms with Gasteiger partial charge in [-0.05, 0) is 20.8 Å². The molecule has 1 fully saturated rings. The molecular formula is C8H17NO2. The highest BCUT2D eigenvalue weighted by molar-refractivity contribution is 4.85. The summed E-state index contributed by atoms with van der Waals surface area (Å²) in [6.45, 7) is 7.16. The topological polar surface area (TPSA) is 41.5 Å². The fourth-order valence-corrected chi connectivity index (χ4v) is 0.889. The Kier molecular flexibility index (Phi) is 2.52. The van der Waals surface area contributed by atoms with Gasteiger partial charge >= 0.3 is 0 Å². The quantitative estimate of drug-likeness (QED) is 0.615. The van der Waals surface area contributed by atoms with Crippen LogP contribution in [0.15, 0.2) is 0 Å². The fraction of sp³-hybridized carbons (Fsp3) is 1.00. The van der Waals surface area contributed by atoms with Crippen molar-refractivity contribution >= 4 is 0 Å². The third-order valence-electron chi connectivity index (χ3n) is 2.18. The van der Waals surface area contributed by atoms with Crippen molar-refractivity contribution in [2.45, 2.75) is 38.5 Å². The van der Waals surface area contributed by atoms with E-state index in [-0.39, 0.29) is 6.04 Å². The molecule has 1 aliphatic rings. The highest BCUT2D eigenvalue weighted by Crippen LogP contribution is 2.10. The molecule has 2 N–H and O–H groups in total. The highest BCUT2D eigenvalue weighted by Gasteiger charge is 2.27. The van der Waals surface area contributed by atoms with Gasteiger partial charge in [-0.1, -0.05) is 0 Å². The van der Waals surface area contributed by atoms with Crippen LogP contribution >= 0.6 is 0 Å². The molecule has 0 aromatic carbocycles. The van der Waals surface area contributed by atoms with E-state index in [9.17, 15) is 5.11 Å². The maximum Gasteiger partial charge on any atom is 0.0741 e. The molecule has 1 atom stereocenters. The zero-order valence-electron chi connectivity index (χ0n) is 7.42. The van der Waals surface area contributed by atoms with Crippen LogP contribution in [0.3, 0.4) is 0 Å². The molecule has 66 valence electrons. The molecule has 1 aliphatic heterocycles. The van der Waals surface area contributed by atoms with E-state index >= 15 is 0 Å². The van der Waals surface area contributed by atoms with Crippen LogP contribution in [0.4, 0.5) is 0 Å². The Bertz CT molecular complexity index is 127.